The van der Waals surface area contributed by atoms with Gasteiger partial charge in [-0.25, -0.2) is 0 Å². The summed E-state index contributed by atoms with van der Waals surface area (Å²) in [5.41, 5.74) is 6.39. The van der Waals surface area contributed by atoms with Crippen molar-refractivity contribution in [1.82, 2.24) is 4.23 Å². The maximum absolute atomic E-state index is 2.72. The van der Waals surface area contributed by atoms with Crippen LogP contribution >= 0.6 is 0 Å². The lowest BCUT2D eigenvalue weighted by atomic mass is 9.91. The van der Waals surface area contributed by atoms with Gasteiger partial charge in [-0.3, -0.25) is 0 Å². The van der Waals surface area contributed by atoms with E-state index in [1.165, 1.54) is 17.4 Å². The molecule has 2 atom stereocenters. The lowest BCUT2D eigenvalue weighted by Crippen LogP contribution is -2.45. The molecule has 2 aromatic rings. The summed E-state index contributed by atoms with van der Waals surface area (Å²) in [6, 6.07) is 4.91. The smallest absolute Gasteiger partial charge is 0.161 e. The van der Waals surface area contributed by atoms with Crippen LogP contribution in [0.2, 0.25) is 18.1 Å². The zero-order chi connectivity index (χ0) is 16.6. The van der Waals surface area contributed by atoms with Gasteiger partial charge in [0, 0.05) is 22.7 Å². The van der Waals surface area contributed by atoms with Crippen LogP contribution in [-0.2, 0) is 6.42 Å². The van der Waals surface area contributed by atoms with E-state index in [0.717, 1.165) is 6.42 Å². The molecule has 0 radical (unpaired) electrons. The van der Waals surface area contributed by atoms with E-state index in [4.69, 9.17) is 0 Å². The third kappa shape index (κ3) is 1.91. The van der Waals surface area contributed by atoms with E-state index in [-0.39, 0.29) is 0 Å². The first kappa shape index (κ1) is 15.3. The molecule has 1 nitrogen and oxygen atoms in total. The third-order valence-electron chi connectivity index (χ3n) is 6.80. The van der Waals surface area contributed by atoms with Crippen LogP contribution in [0.1, 0.15) is 62.6 Å². The second-order valence-electron chi connectivity index (χ2n) is 8.98. The molecule has 4 rings (SSSR count). The molecule has 1 heterocycles. The molecule has 0 amide bonds. The van der Waals surface area contributed by atoms with E-state index in [1.807, 2.05) is 0 Å². The average molecular weight is 324 g/mol. The van der Waals surface area contributed by atoms with Crippen LogP contribution in [-0.4, -0.2) is 12.5 Å². The highest BCUT2D eigenvalue weighted by Gasteiger charge is 2.41. The molecule has 122 valence electrons. The lowest BCUT2D eigenvalue weighted by Gasteiger charge is -2.39. The summed E-state index contributed by atoms with van der Waals surface area (Å²) in [6.45, 7) is 14.6. The second-order valence-corrected chi connectivity index (χ2v) is 14.1. The van der Waals surface area contributed by atoms with Crippen molar-refractivity contribution in [3.05, 3.63) is 47.2 Å². The fourth-order valence-electron chi connectivity index (χ4n) is 4.41. The van der Waals surface area contributed by atoms with Gasteiger partial charge in [0.25, 0.3) is 0 Å². The van der Waals surface area contributed by atoms with Gasteiger partial charge in [0.2, 0.25) is 0 Å². The highest BCUT2D eigenvalue weighted by Crippen LogP contribution is 2.52. The van der Waals surface area contributed by atoms with Crippen LogP contribution in [0.5, 0.6) is 0 Å². The maximum Gasteiger partial charge on any atom is 0.161 e. The van der Waals surface area contributed by atoms with Crippen LogP contribution < -0.4 is 0 Å². The largest absolute Gasteiger partial charge is 0.374 e. The molecule has 0 saturated carbocycles. The normalized spacial score (nSPS) is 23.0. The van der Waals surface area contributed by atoms with Gasteiger partial charge in [-0.15, -0.1) is 0 Å². The minimum atomic E-state index is -1.61. The van der Waals surface area contributed by atoms with Gasteiger partial charge in [-0.05, 0) is 46.8 Å². The molecule has 0 saturated heterocycles. The van der Waals surface area contributed by atoms with E-state index in [0.29, 0.717) is 16.9 Å². The Morgan fingerprint density at radius 1 is 1.17 bits per heavy atom. The summed E-state index contributed by atoms with van der Waals surface area (Å²) in [5.74, 6) is 1.33. The molecule has 0 fully saturated rings. The molecule has 2 aliphatic carbocycles. The van der Waals surface area contributed by atoms with Crippen LogP contribution in [0.25, 0.3) is 10.9 Å². The lowest BCUT2D eigenvalue weighted by molar-refractivity contribution is 0.702. The van der Waals surface area contributed by atoms with Gasteiger partial charge in [0.15, 0.2) is 8.24 Å². The van der Waals surface area contributed by atoms with Crippen molar-refractivity contribution < 1.29 is 0 Å². The zero-order valence-corrected chi connectivity index (χ0v) is 16.4. The summed E-state index contributed by atoms with van der Waals surface area (Å²) in [4.78, 5) is 0. The quantitative estimate of drug-likeness (QED) is 0.458. The fraction of sp³-hybridized carbons (Fsp3) is 0.524. The number of fused-ring (bicyclic) bond motifs is 7. The van der Waals surface area contributed by atoms with Gasteiger partial charge >= 0.3 is 0 Å². The van der Waals surface area contributed by atoms with Gasteiger partial charge in [-0.2, -0.15) is 0 Å². The predicted octanol–water partition coefficient (Wildman–Crippen LogP) is 6.20. The summed E-state index contributed by atoms with van der Waals surface area (Å²) >= 11 is 0. The van der Waals surface area contributed by atoms with Crippen molar-refractivity contribution in [2.45, 2.75) is 70.5 Å². The van der Waals surface area contributed by atoms with Crippen molar-refractivity contribution in [2.75, 3.05) is 0 Å². The Morgan fingerprint density at radius 2 is 1.87 bits per heavy atom. The molecule has 0 spiro atoms. The molecule has 2 bridgehead atoms. The molecule has 0 aliphatic heterocycles. The molecule has 1 aromatic heterocycles. The van der Waals surface area contributed by atoms with Gasteiger partial charge in [0.1, 0.15) is 0 Å². The number of hydrogen-bond acceptors (Lipinski definition) is 0. The van der Waals surface area contributed by atoms with E-state index in [1.54, 1.807) is 16.6 Å². The number of rotatable bonds is 2. The molecule has 0 N–H and O–H groups in total. The second kappa shape index (κ2) is 4.63. The molecule has 0 unspecified atom stereocenters. The highest BCUT2D eigenvalue weighted by atomic mass is 28.3. The Kier molecular flexibility index (Phi) is 3.07. The fourth-order valence-corrected chi connectivity index (χ4v) is 6.38. The first-order valence-corrected chi connectivity index (χ1v) is 12.1. The van der Waals surface area contributed by atoms with E-state index >= 15 is 0 Å². The number of aryl methyl sites for hydroxylation is 1. The molecule has 2 heteroatoms. The average Bonchev–Trinajstić information content (AvgIpc) is 3.18. The summed E-state index contributed by atoms with van der Waals surface area (Å²) in [6.07, 6.45) is 9.74. The summed E-state index contributed by atoms with van der Waals surface area (Å²) in [5, 5.41) is 1.86. The van der Waals surface area contributed by atoms with Crippen LogP contribution in [0, 0.1) is 0 Å². The maximum atomic E-state index is 2.72. The van der Waals surface area contributed by atoms with Crippen molar-refractivity contribution in [1.29, 1.82) is 0 Å². The Hall–Kier alpha value is -1.28. The minimum Gasteiger partial charge on any atom is -0.374 e. The summed E-state index contributed by atoms with van der Waals surface area (Å²) in [7, 11) is -1.61. The standard InChI is InChI=1S/C21H29NSi/c1-7-14-13-18-15-8-9-16(12-15)19(18)20-17(14)10-11-22(20)23(5,6)21(2,3)4/h8-11,13,15-16H,7,12H2,1-6H3/t15-,16+/m0/s1. The van der Waals surface area contributed by atoms with E-state index in [2.05, 4.69) is 75.5 Å². The van der Waals surface area contributed by atoms with Crippen LogP contribution in [0.4, 0.5) is 0 Å². The SMILES string of the molecule is CCc1cc2c(c3c1ccn3[Si](C)(C)C(C)(C)C)[C@@H]1C=C[C@H]2C1. The number of allylic oxidation sites excluding steroid dienone is 2. The molecule has 23 heavy (non-hydrogen) atoms. The van der Waals surface area contributed by atoms with Crippen molar-refractivity contribution in [3.63, 3.8) is 0 Å². The number of nitrogens with zero attached hydrogens (tertiary/aromatic N) is 1. The number of aromatic nitrogens is 1. The molecular weight excluding hydrogens is 294 g/mol. The predicted molar refractivity (Wildman–Crippen MR) is 103 cm³/mol. The van der Waals surface area contributed by atoms with Crippen LogP contribution in [0.3, 0.4) is 0 Å². The van der Waals surface area contributed by atoms with E-state index < -0.39 is 8.24 Å². The Bertz CT molecular complexity index is 816. The third-order valence-corrected chi connectivity index (χ3v) is 12.0. The van der Waals surface area contributed by atoms with Crippen molar-refractivity contribution in [3.8, 4) is 0 Å². The van der Waals surface area contributed by atoms with Gasteiger partial charge in [0.05, 0.1) is 0 Å². The molecule has 2 aliphatic rings. The first-order valence-electron chi connectivity index (χ1n) is 9.11. The number of hydrogen-bond donors (Lipinski definition) is 0. The number of benzene rings is 1. The zero-order valence-electron chi connectivity index (χ0n) is 15.4. The van der Waals surface area contributed by atoms with Crippen molar-refractivity contribution in [2.24, 2.45) is 0 Å². The Labute approximate surface area is 141 Å². The van der Waals surface area contributed by atoms with Gasteiger partial charge in [-0.1, -0.05) is 59.0 Å². The Morgan fingerprint density at radius 3 is 2.52 bits per heavy atom. The van der Waals surface area contributed by atoms with Crippen LogP contribution in [0.15, 0.2) is 30.5 Å². The summed E-state index contributed by atoms with van der Waals surface area (Å²) < 4.78 is 2.72. The minimum absolute atomic E-state index is 0.349. The monoisotopic (exact) mass is 323 g/mol. The highest BCUT2D eigenvalue weighted by molar-refractivity contribution is 6.79. The molecular formula is C21H29NSi. The van der Waals surface area contributed by atoms with E-state index in [9.17, 15) is 0 Å². The van der Waals surface area contributed by atoms with Crippen molar-refractivity contribution >= 4 is 19.1 Å². The van der Waals surface area contributed by atoms with Gasteiger partial charge < -0.3 is 4.23 Å². The first-order chi connectivity index (χ1) is 10.8. The topological polar surface area (TPSA) is 4.93 Å². The molecule has 1 aromatic carbocycles. The Balaban J connectivity index is 2.07.